The average Bonchev–Trinajstić information content (AvgIpc) is 3.17. The quantitative estimate of drug-likeness (QED) is 0.333. The van der Waals surface area contributed by atoms with Gasteiger partial charge in [0.25, 0.3) is 0 Å². The highest BCUT2D eigenvalue weighted by Gasteiger charge is 2.10. The molecule has 1 atom stereocenters. The van der Waals surface area contributed by atoms with Crippen LogP contribution in [-0.2, 0) is 20.7 Å². The number of carbonyl (C=O) groups is 2. The number of aromatic nitrogens is 3. The van der Waals surface area contributed by atoms with Crippen molar-refractivity contribution in [2.75, 3.05) is 26.6 Å². The average molecular weight is 411 g/mol. The number of nitrogen functional groups attached to an aromatic ring is 1. The van der Waals surface area contributed by atoms with E-state index in [1.807, 2.05) is 12.1 Å². The molecule has 0 aliphatic carbocycles. The Balaban J connectivity index is 0. The van der Waals surface area contributed by atoms with Crippen molar-refractivity contribution in [1.29, 1.82) is 5.26 Å². The van der Waals surface area contributed by atoms with Gasteiger partial charge in [0.2, 0.25) is 0 Å². The van der Waals surface area contributed by atoms with Crippen LogP contribution in [0.1, 0.15) is 31.4 Å². The topological polar surface area (TPSA) is 184 Å². The second-order valence-corrected chi connectivity index (χ2v) is 5.30. The number of nitrogens with two attached hydrogens (primary N) is 1. The summed E-state index contributed by atoms with van der Waals surface area (Å²) < 4.78 is 6.89. The van der Waals surface area contributed by atoms with E-state index in [0.717, 1.165) is 37.4 Å². The maximum atomic E-state index is 9.76. The lowest BCUT2D eigenvalue weighted by Crippen LogP contribution is -2.16. The van der Waals surface area contributed by atoms with Crippen LogP contribution in [0.4, 0.5) is 5.82 Å². The molecule has 5 N–H and O–H groups in total. The van der Waals surface area contributed by atoms with Gasteiger partial charge in [-0.2, -0.15) is 5.10 Å². The summed E-state index contributed by atoms with van der Waals surface area (Å²) in [4.78, 5) is 23.3. The van der Waals surface area contributed by atoms with Gasteiger partial charge in [0, 0.05) is 39.3 Å². The largest absolute Gasteiger partial charge is 0.481 e. The van der Waals surface area contributed by atoms with Crippen molar-refractivity contribution in [3.63, 3.8) is 0 Å². The number of aryl methyl sites for hydroxylation is 1. The summed E-state index contributed by atoms with van der Waals surface area (Å²) in [5.74, 6) is -0.372. The van der Waals surface area contributed by atoms with Crippen molar-refractivity contribution in [2.45, 2.75) is 38.2 Å². The Morgan fingerprint density at radius 2 is 2.07 bits per heavy atom. The molecular weight excluding hydrogens is 382 g/mol. The molecule has 0 amide bonds. The molecule has 29 heavy (non-hydrogen) atoms. The van der Waals surface area contributed by atoms with Crippen molar-refractivity contribution in [3.05, 3.63) is 24.2 Å². The molecule has 0 fully saturated rings. The summed E-state index contributed by atoms with van der Waals surface area (Å²) in [6.45, 7) is 3.52. The molecule has 11 heteroatoms. The number of unbranched alkanes of at least 4 members (excludes halogenated alkanes) is 1. The number of aliphatic carboxylic acids is 1. The minimum absolute atomic E-state index is 0.0247. The van der Waals surface area contributed by atoms with E-state index in [0.29, 0.717) is 18.7 Å². The maximum Gasteiger partial charge on any atom is 0.303 e. The fraction of sp³-hybridized carbons (Fsp3) is 0.500. The van der Waals surface area contributed by atoms with Crippen LogP contribution in [0, 0.1) is 11.8 Å². The zero-order valence-electron chi connectivity index (χ0n) is 16.6. The number of aliphatic hydroxyl groups is 2. The fourth-order valence-corrected chi connectivity index (χ4v) is 2.13. The monoisotopic (exact) mass is 411 g/mol. The lowest BCUT2D eigenvalue weighted by molar-refractivity contribution is -0.137. The second kappa shape index (κ2) is 18.3. The number of nitrogens with zero attached hydrogens (tertiary/aromatic N) is 4. The molecule has 162 valence electrons. The first-order chi connectivity index (χ1) is 14.0. The van der Waals surface area contributed by atoms with Crippen LogP contribution in [0.5, 0.6) is 0 Å². The molecule has 0 radical (unpaired) electrons. The summed E-state index contributed by atoms with van der Waals surface area (Å²) >= 11 is 0. The Kier molecular flexibility index (Phi) is 17.8. The van der Waals surface area contributed by atoms with E-state index >= 15 is 0 Å². The number of rotatable bonds is 9. The van der Waals surface area contributed by atoms with Gasteiger partial charge < -0.3 is 30.6 Å². The summed E-state index contributed by atoms with van der Waals surface area (Å²) in [5.41, 5.74) is 7.58. The van der Waals surface area contributed by atoms with Crippen LogP contribution in [0.2, 0.25) is 0 Å². The lowest BCUT2D eigenvalue weighted by Gasteiger charge is -2.11. The van der Waals surface area contributed by atoms with Crippen LogP contribution < -0.4 is 5.73 Å². The van der Waals surface area contributed by atoms with Gasteiger partial charge in [-0.05, 0) is 31.4 Å². The first-order valence-corrected chi connectivity index (χ1v) is 8.60. The number of carbonyl (C=O) groups excluding carboxylic acids is 1. The van der Waals surface area contributed by atoms with E-state index in [9.17, 15) is 9.59 Å². The molecule has 0 aromatic carbocycles. The molecule has 1 unspecified atom stereocenters. The van der Waals surface area contributed by atoms with E-state index < -0.39 is 5.97 Å². The molecule has 0 saturated carbocycles. The highest BCUT2D eigenvalue weighted by Crippen LogP contribution is 2.15. The number of nitriles is 1. The number of hydrogen-bond acceptors (Lipinski definition) is 9. The lowest BCUT2D eigenvalue weighted by atomic mass is 10.1. The Morgan fingerprint density at radius 1 is 1.41 bits per heavy atom. The number of fused-ring (bicyclic) bond motifs is 1. The van der Waals surface area contributed by atoms with Gasteiger partial charge in [0.1, 0.15) is 18.1 Å². The molecule has 2 aromatic heterocycles. The fourth-order valence-electron chi connectivity index (χ4n) is 2.13. The van der Waals surface area contributed by atoms with Crippen LogP contribution >= 0.6 is 0 Å². The normalized spacial score (nSPS) is 10.3. The molecule has 0 aliphatic rings. The summed E-state index contributed by atoms with van der Waals surface area (Å²) in [6.07, 6.45) is 4.44. The maximum absolute atomic E-state index is 9.76. The number of hydrogen-bond donors (Lipinski definition) is 4. The predicted molar refractivity (Wildman–Crippen MR) is 106 cm³/mol. The highest BCUT2D eigenvalue weighted by atomic mass is 16.5. The number of anilines is 1. The SMILES string of the molecule is C#N.CO.COC(CO)CCc1ccc2c(N)ncnn12.O=CCCCC(=O)O. The number of ether oxygens (including phenoxy) is 1. The van der Waals surface area contributed by atoms with Crippen LogP contribution in [-0.4, -0.2) is 69.1 Å². The van der Waals surface area contributed by atoms with Crippen molar-refractivity contribution >= 4 is 23.6 Å². The van der Waals surface area contributed by atoms with Crippen molar-refractivity contribution in [3.8, 4) is 6.57 Å². The molecule has 0 bridgehead atoms. The van der Waals surface area contributed by atoms with Crippen LogP contribution in [0.3, 0.4) is 0 Å². The Bertz CT molecular complexity index is 715. The predicted octanol–water partition coefficient (Wildman–Crippen LogP) is 0.440. The third-order valence-corrected chi connectivity index (χ3v) is 3.53. The van der Waals surface area contributed by atoms with E-state index in [1.165, 1.54) is 6.33 Å². The molecule has 2 heterocycles. The molecule has 2 aromatic rings. The zero-order chi connectivity index (χ0) is 22.7. The third kappa shape index (κ3) is 11.4. The van der Waals surface area contributed by atoms with Crippen LogP contribution in [0.15, 0.2) is 18.5 Å². The first-order valence-electron chi connectivity index (χ1n) is 8.60. The Morgan fingerprint density at radius 3 is 2.59 bits per heavy atom. The molecule has 0 aliphatic heterocycles. The standard InChI is InChI=1S/C11H16N4O2.C5H8O3.CHN.CH4O/c1-17-9(6-16)4-2-8-3-5-10-11(12)13-7-14-15(8)10;6-4-2-1-3-5(7)8;2*1-2/h3,5,7,9,16H,2,4,6H2,1H3,(H2,12,13,14);4H,1-3H2,(H,7,8);1H;2H,1H3. The van der Waals surface area contributed by atoms with Gasteiger partial charge in [-0.3, -0.25) is 4.79 Å². The Hall–Kier alpha value is -3.07. The van der Waals surface area contributed by atoms with Crippen molar-refractivity contribution < 1.29 is 29.6 Å². The molecular formula is C18H29N5O6. The number of carboxylic acids is 1. The van der Waals surface area contributed by atoms with Gasteiger partial charge >= 0.3 is 5.97 Å². The molecule has 2 rings (SSSR count). The third-order valence-electron chi connectivity index (χ3n) is 3.53. The highest BCUT2D eigenvalue weighted by molar-refractivity contribution is 5.67. The van der Waals surface area contributed by atoms with Crippen molar-refractivity contribution in [2.24, 2.45) is 0 Å². The van der Waals surface area contributed by atoms with Crippen LogP contribution in [0.25, 0.3) is 5.52 Å². The van der Waals surface area contributed by atoms with Gasteiger partial charge in [-0.1, -0.05) is 0 Å². The number of carboxylic acid groups (broad SMARTS) is 1. The van der Waals surface area contributed by atoms with Gasteiger partial charge in [-0.15, -0.1) is 0 Å². The number of aliphatic hydroxyl groups excluding tert-OH is 2. The van der Waals surface area contributed by atoms with E-state index in [4.69, 9.17) is 31.1 Å². The summed E-state index contributed by atoms with van der Waals surface area (Å²) in [5, 5.41) is 34.7. The summed E-state index contributed by atoms with van der Waals surface area (Å²) in [6, 6.07) is 3.86. The Labute approximate surface area is 169 Å². The van der Waals surface area contributed by atoms with E-state index in [1.54, 1.807) is 11.6 Å². The second-order valence-electron chi connectivity index (χ2n) is 5.30. The van der Waals surface area contributed by atoms with E-state index in [2.05, 4.69) is 16.7 Å². The minimum atomic E-state index is -0.841. The number of methoxy groups -OCH3 is 1. The minimum Gasteiger partial charge on any atom is -0.481 e. The smallest absolute Gasteiger partial charge is 0.303 e. The number of aldehydes is 1. The van der Waals surface area contributed by atoms with Gasteiger partial charge in [0.05, 0.1) is 12.7 Å². The molecule has 11 nitrogen and oxygen atoms in total. The van der Waals surface area contributed by atoms with Crippen molar-refractivity contribution in [1.82, 2.24) is 14.6 Å². The molecule has 0 spiro atoms. The van der Waals surface area contributed by atoms with Gasteiger partial charge in [-0.25, -0.2) is 14.8 Å². The molecule has 0 saturated heterocycles. The zero-order valence-corrected chi connectivity index (χ0v) is 16.6. The summed E-state index contributed by atoms with van der Waals surface area (Å²) in [7, 11) is 2.59. The van der Waals surface area contributed by atoms with E-state index in [-0.39, 0.29) is 19.1 Å². The first kappa shape index (κ1) is 28.1. The van der Waals surface area contributed by atoms with Gasteiger partial charge in [0.15, 0.2) is 5.82 Å².